The highest BCUT2D eigenvalue weighted by Gasteiger charge is 2.32. The fraction of sp³-hybridized carbons (Fsp3) is 0.467. The number of nitrogens with zero attached hydrogens (tertiary/aromatic N) is 4. The van der Waals surface area contributed by atoms with Gasteiger partial charge in [0.05, 0.1) is 25.3 Å². The zero-order valence-electron chi connectivity index (χ0n) is 25.3. The van der Waals surface area contributed by atoms with Gasteiger partial charge in [0.15, 0.2) is 5.69 Å². The molecule has 0 fully saturated rings. The zero-order chi connectivity index (χ0) is 31.4. The van der Waals surface area contributed by atoms with Gasteiger partial charge >= 0.3 is 12.1 Å². The number of rotatable bonds is 12. The molecule has 0 aliphatic heterocycles. The molecular formula is C30H40N6O6. The third-order valence-electron chi connectivity index (χ3n) is 6.20. The Bertz CT molecular complexity index is 1420. The van der Waals surface area contributed by atoms with Gasteiger partial charge in [0.25, 0.3) is 5.56 Å². The summed E-state index contributed by atoms with van der Waals surface area (Å²) < 4.78 is 16.9. The van der Waals surface area contributed by atoms with Crippen LogP contribution in [0.4, 0.5) is 4.79 Å². The fourth-order valence-corrected chi connectivity index (χ4v) is 4.36. The number of carbonyl (C=O) groups is 2. The molecule has 1 aromatic carbocycles. The monoisotopic (exact) mass is 580 g/mol. The number of carbonyl (C=O) groups excluding carboxylic acids is 2. The highest BCUT2D eigenvalue weighted by Crippen LogP contribution is 2.38. The van der Waals surface area contributed by atoms with Crippen LogP contribution in [0.2, 0.25) is 0 Å². The Kier molecular flexibility index (Phi) is 12.3. The van der Waals surface area contributed by atoms with Gasteiger partial charge in [-0.25, -0.2) is 14.6 Å². The maximum Gasteiger partial charge on any atom is 0.407 e. The number of alkyl carbamates (subject to hydrolysis) is 1. The molecule has 0 aliphatic rings. The number of aliphatic imine (C=N–C) groups is 1. The van der Waals surface area contributed by atoms with Gasteiger partial charge in [0.2, 0.25) is 5.75 Å². The summed E-state index contributed by atoms with van der Waals surface area (Å²) in [6.07, 6.45) is 3.04. The van der Waals surface area contributed by atoms with E-state index in [9.17, 15) is 19.6 Å². The molecule has 1 amide bonds. The standard InChI is InChI=1S/C30H40N6O6/c1-8-41-28(38)24-25(40-7)27(37)36(6)26(35-24)19(2)23(22-13-10-9-12-20(22)16-31)21(17-32)18-33-14-11-15-34-29(39)42-30(3,4)5/h9-10,12-13,17-19,23H,8,11,14-15,32H2,1-7H3,(H,34,39)/b21-17+,33-18?. The molecule has 0 saturated heterocycles. The van der Waals surface area contributed by atoms with Gasteiger partial charge in [-0.1, -0.05) is 25.1 Å². The molecule has 0 bridgehead atoms. The normalized spacial score (nSPS) is 13.2. The predicted molar refractivity (Wildman–Crippen MR) is 159 cm³/mol. The minimum Gasteiger partial charge on any atom is -0.489 e. The van der Waals surface area contributed by atoms with E-state index in [1.165, 1.54) is 24.9 Å². The Morgan fingerprint density at radius 2 is 1.98 bits per heavy atom. The molecule has 226 valence electrons. The first-order chi connectivity index (χ1) is 19.9. The van der Waals surface area contributed by atoms with E-state index >= 15 is 0 Å². The maximum atomic E-state index is 13.2. The fourth-order valence-electron chi connectivity index (χ4n) is 4.36. The van der Waals surface area contributed by atoms with Crippen molar-refractivity contribution in [3.05, 3.63) is 69.0 Å². The lowest BCUT2D eigenvalue weighted by Gasteiger charge is -2.27. The average molecular weight is 581 g/mol. The SMILES string of the molecule is CCOC(=O)c1nc(C(C)C(/C(C=NCCCNC(=O)OC(C)(C)C)=C/N)c2ccccc2C#N)n(C)c(=O)c1OC. The molecule has 0 aliphatic carbocycles. The molecule has 0 spiro atoms. The molecular weight excluding hydrogens is 540 g/mol. The van der Waals surface area contributed by atoms with Crippen LogP contribution in [0.3, 0.4) is 0 Å². The van der Waals surface area contributed by atoms with Gasteiger partial charge in [-0.3, -0.25) is 14.4 Å². The topological polar surface area (TPSA) is 171 Å². The predicted octanol–water partition coefficient (Wildman–Crippen LogP) is 3.55. The quantitative estimate of drug-likeness (QED) is 0.216. The van der Waals surface area contributed by atoms with E-state index in [-0.39, 0.29) is 23.9 Å². The smallest absolute Gasteiger partial charge is 0.407 e. The second-order valence-corrected chi connectivity index (χ2v) is 10.4. The van der Waals surface area contributed by atoms with Gasteiger partial charge in [-0.2, -0.15) is 5.26 Å². The Morgan fingerprint density at radius 1 is 1.29 bits per heavy atom. The van der Waals surface area contributed by atoms with Crippen molar-refractivity contribution in [1.29, 1.82) is 5.26 Å². The first kappa shape index (κ1) is 33.5. The van der Waals surface area contributed by atoms with Crippen molar-refractivity contribution in [2.24, 2.45) is 17.8 Å². The number of allylic oxidation sites excluding steroid dienone is 1. The summed E-state index contributed by atoms with van der Waals surface area (Å²) in [7, 11) is 2.81. The van der Waals surface area contributed by atoms with Crippen molar-refractivity contribution in [3.63, 3.8) is 0 Å². The van der Waals surface area contributed by atoms with E-state index in [1.807, 2.05) is 6.92 Å². The summed E-state index contributed by atoms with van der Waals surface area (Å²) in [6, 6.07) is 9.26. The number of nitrogens with two attached hydrogens (primary N) is 1. The van der Waals surface area contributed by atoms with Gasteiger partial charge < -0.3 is 25.3 Å². The largest absolute Gasteiger partial charge is 0.489 e. The van der Waals surface area contributed by atoms with Crippen LogP contribution in [0.5, 0.6) is 5.75 Å². The highest BCUT2D eigenvalue weighted by molar-refractivity contribution is 5.90. The number of amides is 1. The van der Waals surface area contributed by atoms with Crippen LogP contribution in [-0.4, -0.2) is 60.2 Å². The number of benzene rings is 1. The lowest BCUT2D eigenvalue weighted by Crippen LogP contribution is -2.33. The molecule has 1 heterocycles. The third-order valence-corrected chi connectivity index (χ3v) is 6.20. The van der Waals surface area contributed by atoms with Crippen LogP contribution < -0.4 is 21.3 Å². The molecule has 12 nitrogen and oxygen atoms in total. The Balaban J connectivity index is 2.47. The summed E-state index contributed by atoms with van der Waals surface area (Å²) in [5, 5.41) is 12.6. The van der Waals surface area contributed by atoms with E-state index in [2.05, 4.69) is 21.4 Å². The summed E-state index contributed by atoms with van der Waals surface area (Å²) >= 11 is 0. The second-order valence-electron chi connectivity index (χ2n) is 10.4. The molecule has 2 unspecified atom stereocenters. The molecule has 2 rings (SSSR count). The van der Waals surface area contributed by atoms with E-state index in [0.717, 1.165) is 0 Å². The first-order valence-corrected chi connectivity index (χ1v) is 13.6. The Morgan fingerprint density at radius 3 is 2.57 bits per heavy atom. The van der Waals surface area contributed by atoms with Crippen LogP contribution in [0, 0.1) is 11.3 Å². The van der Waals surface area contributed by atoms with E-state index in [0.29, 0.717) is 36.2 Å². The molecule has 12 heteroatoms. The number of ether oxygens (including phenoxy) is 3. The number of nitriles is 1. The number of nitrogens with one attached hydrogen (secondary N) is 1. The van der Waals surface area contributed by atoms with Crippen molar-refractivity contribution in [2.45, 2.75) is 58.5 Å². The molecule has 2 aromatic rings. The highest BCUT2D eigenvalue weighted by atomic mass is 16.6. The third kappa shape index (κ3) is 8.67. The van der Waals surface area contributed by atoms with Crippen molar-refractivity contribution in [2.75, 3.05) is 26.8 Å². The lowest BCUT2D eigenvalue weighted by atomic mass is 9.79. The molecule has 0 radical (unpaired) electrons. The van der Waals surface area contributed by atoms with Crippen LogP contribution in [-0.2, 0) is 16.5 Å². The molecule has 0 saturated carbocycles. The van der Waals surface area contributed by atoms with Crippen LogP contribution in [0.15, 0.2) is 45.8 Å². The number of hydrogen-bond donors (Lipinski definition) is 2. The molecule has 42 heavy (non-hydrogen) atoms. The van der Waals surface area contributed by atoms with Gasteiger partial charge in [-0.05, 0) is 57.5 Å². The number of esters is 1. The minimum absolute atomic E-state index is 0.0890. The van der Waals surface area contributed by atoms with Crippen LogP contribution >= 0.6 is 0 Å². The van der Waals surface area contributed by atoms with Crippen molar-refractivity contribution >= 4 is 18.3 Å². The number of aromatic nitrogens is 2. The number of methoxy groups -OCH3 is 1. The van der Waals surface area contributed by atoms with E-state index in [1.54, 1.807) is 58.2 Å². The number of hydrogen-bond acceptors (Lipinski definition) is 10. The first-order valence-electron chi connectivity index (χ1n) is 13.6. The molecule has 2 atom stereocenters. The summed E-state index contributed by atoms with van der Waals surface area (Å²) in [6.45, 7) is 9.66. The maximum absolute atomic E-state index is 13.2. The van der Waals surface area contributed by atoms with Gasteiger partial charge in [0.1, 0.15) is 11.4 Å². The minimum atomic E-state index is -0.786. The van der Waals surface area contributed by atoms with E-state index < -0.39 is 35.1 Å². The van der Waals surface area contributed by atoms with Crippen LogP contribution in [0.1, 0.15) is 80.3 Å². The van der Waals surface area contributed by atoms with Crippen molar-refractivity contribution < 1.29 is 23.8 Å². The summed E-state index contributed by atoms with van der Waals surface area (Å²) in [4.78, 5) is 46.8. The van der Waals surface area contributed by atoms with Gasteiger partial charge in [-0.15, -0.1) is 0 Å². The van der Waals surface area contributed by atoms with Crippen LogP contribution in [0.25, 0.3) is 0 Å². The van der Waals surface area contributed by atoms with Crippen molar-refractivity contribution in [3.8, 4) is 11.8 Å². The average Bonchev–Trinajstić information content (AvgIpc) is 2.94. The van der Waals surface area contributed by atoms with Gasteiger partial charge in [0, 0.05) is 38.2 Å². The zero-order valence-corrected chi connectivity index (χ0v) is 25.3. The summed E-state index contributed by atoms with van der Waals surface area (Å²) in [5.74, 6) is -1.89. The van der Waals surface area contributed by atoms with Crippen molar-refractivity contribution in [1.82, 2.24) is 14.9 Å². The Hall–Kier alpha value is -4.66. The van der Waals surface area contributed by atoms with E-state index in [4.69, 9.17) is 19.9 Å². The second kappa shape index (κ2) is 15.4. The molecule has 3 N–H and O–H groups in total. The summed E-state index contributed by atoms with van der Waals surface area (Å²) in [5.41, 5.74) is 6.33. The molecule has 1 aromatic heterocycles. The Labute approximate surface area is 246 Å². The lowest BCUT2D eigenvalue weighted by molar-refractivity contribution is 0.0508.